The number of hydrogen-bond acceptors (Lipinski definition) is 9. The van der Waals surface area contributed by atoms with Gasteiger partial charge in [-0.05, 0) is 57.4 Å². The van der Waals surface area contributed by atoms with Gasteiger partial charge in [-0.2, -0.15) is 0 Å². The number of pyridine rings is 2. The van der Waals surface area contributed by atoms with Gasteiger partial charge in [-0.25, -0.2) is 19.0 Å². The second-order valence-corrected chi connectivity index (χ2v) is 13.3. The van der Waals surface area contributed by atoms with E-state index in [2.05, 4.69) is 5.32 Å². The minimum Gasteiger partial charge on any atom is -0.458 e. The molecular weight excluding hydrogens is 591 g/mol. The molecule has 11 nitrogen and oxygen atoms in total. The summed E-state index contributed by atoms with van der Waals surface area (Å²) in [6.45, 7) is 8.42. The second kappa shape index (κ2) is 10.6. The van der Waals surface area contributed by atoms with Crippen LogP contribution < -0.4 is 10.9 Å². The number of benzene rings is 1. The number of amides is 2. The Kier molecular flexibility index (Phi) is 7.23. The number of esters is 1. The van der Waals surface area contributed by atoms with Crippen LogP contribution in [-0.4, -0.2) is 60.8 Å². The molecule has 44 heavy (non-hydrogen) atoms. The molecule has 2 N–H and O–H groups in total. The number of halogens is 1. The molecular formula is C31H33FN4O7S. The molecule has 13 heteroatoms. The molecule has 0 saturated carbocycles. The van der Waals surface area contributed by atoms with Crippen LogP contribution in [0.3, 0.4) is 0 Å². The van der Waals surface area contributed by atoms with E-state index in [0.717, 1.165) is 0 Å². The maximum Gasteiger partial charge on any atom is 0.411 e. The molecule has 1 fully saturated rings. The predicted octanol–water partition coefficient (Wildman–Crippen LogP) is 3.45. The first-order valence-corrected chi connectivity index (χ1v) is 15.5. The lowest BCUT2D eigenvalue weighted by Gasteiger charge is -2.31. The lowest BCUT2D eigenvalue weighted by Crippen LogP contribution is -2.48. The number of hydrogen-bond donors (Lipinski definition) is 2. The van der Waals surface area contributed by atoms with E-state index in [1.807, 2.05) is 0 Å². The first-order valence-electron chi connectivity index (χ1n) is 14.4. The molecule has 3 aliphatic rings. The highest BCUT2D eigenvalue weighted by molar-refractivity contribution is 7.99. The summed E-state index contributed by atoms with van der Waals surface area (Å²) in [5, 5.41) is 14.8. The number of nitrogens with zero attached hydrogens (tertiary/aromatic N) is 3. The van der Waals surface area contributed by atoms with Gasteiger partial charge in [0.1, 0.15) is 24.1 Å². The molecule has 1 saturated heterocycles. The van der Waals surface area contributed by atoms with Gasteiger partial charge in [0.15, 0.2) is 5.60 Å². The number of rotatable bonds is 4. The van der Waals surface area contributed by atoms with Crippen LogP contribution in [-0.2, 0) is 44.4 Å². The van der Waals surface area contributed by atoms with Gasteiger partial charge < -0.3 is 24.5 Å². The van der Waals surface area contributed by atoms with E-state index in [1.54, 1.807) is 46.8 Å². The largest absolute Gasteiger partial charge is 0.458 e. The van der Waals surface area contributed by atoms with Crippen molar-refractivity contribution in [3.8, 4) is 11.4 Å². The van der Waals surface area contributed by atoms with E-state index < -0.39 is 40.7 Å². The number of cyclic esters (lactones) is 1. The monoisotopic (exact) mass is 624 g/mol. The van der Waals surface area contributed by atoms with Crippen molar-refractivity contribution in [2.24, 2.45) is 0 Å². The average molecular weight is 625 g/mol. The number of fused-ring (bicyclic) bond motifs is 5. The number of aryl methyl sites for hydroxylation is 1. The Bertz CT molecular complexity index is 1820. The zero-order chi connectivity index (χ0) is 31.7. The Balaban J connectivity index is 1.41. The van der Waals surface area contributed by atoms with Crippen molar-refractivity contribution in [2.45, 2.75) is 78.0 Å². The Hall–Kier alpha value is -3.97. The quantitative estimate of drug-likeness (QED) is 0.327. The number of thioether (sulfide) groups is 1. The van der Waals surface area contributed by atoms with Gasteiger partial charge in [0.25, 0.3) is 5.56 Å². The van der Waals surface area contributed by atoms with Gasteiger partial charge in [-0.1, -0.05) is 6.92 Å². The lowest BCUT2D eigenvalue weighted by molar-refractivity contribution is -0.172. The molecule has 3 aliphatic heterocycles. The van der Waals surface area contributed by atoms with Crippen LogP contribution in [0.1, 0.15) is 61.9 Å². The third-order valence-electron chi connectivity index (χ3n) is 8.34. The maximum atomic E-state index is 14.8. The predicted molar refractivity (Wildman–Crippen MR) is 160 cm³/mol. The van der Waals surface area contributed by atoms with Crippen LogP contribution in [0.2, 0.25) is 0 Å². The van der Waals surface area contributed by atoms with E-state index in [-0.39, 0.29) is 43.2 Å². The topological polar surface area (TPSA) is 140 Å². The third-order valence-corrected chi connectivity index (χ3v) is 9.35. The van der Waals surface area contributed by atoms with Crippen molar-refractivity contribution in [1.82, 2.24) is 19.8 Å². The molecule has 5 heterocycles. The Morgan fingerprint density at radius 3 is 2.70 bits per heavy atom. The van der Waals surface area contributed by atoms with Crippen LogP contribution in [0, 0.1) is 12.7 Å². The number of carbonyl (C=O) groups excluding carboxylic acids is 3. The van der Waals surface area contributed by atoms with Crippen LogP contribution >= 0.6 is 11.8 Å². The summed E-state index contributed by atoms with van der Waals surface area (Å²) in [7, 11) is 0. The van der Waals surface area contributed by atoms with Gasteiger partial charge in [0.2, 0.25) is 5.91 Å². The molecule has 2 amide bonds. The van der Waals surface area contributed by atoms with E-state index in [9.17, 15) is 28.7 Å². The van der Waals surface area contributed by atoms with Crippen molar-refractivity contribution in [3.63, 3.8) is 0 Å². The molecule has 232 valence electrons. The number of ether oxygens (including phenoxy) is 2. The van der Waals surface area contributed by atoms with E-state index in [4.69, 9.17) is 14.5 Å². The fourth-order valence-electron chi connectivity index (χ4n) is 5.95. The first kappa shape index (κ1) is 30.1. The minimum atomic E-state index is -1.98. The van der Waals surface area contributed by atoms with Gasteiger partial charge >= 0.3 is 12.1 Å². The normalized spacial score (nSPS) is 20.7. The second-order valence-electron chi connectivity index (χ2n) is 12.3. The standard InChI is InChI=1S/C31H33FN4O7S/c1-6-31(41)20-8-23-25-18(11-35(23)27(38)19(20)12-42-28(31)39)17(16-7-15(2)21(32)9-22(16)34-25)10-33-26(37)24-13-44-14-36(24)29(40)43-30(3,4)5/h7-9,24,41H,6,10-14H2,1-5H3,(H,33,37)/t24-,31-/m0/s1. The maximum absolute atomic E-state index is 14.8. The first-order chi connectivity index (χ1) is 20.7. The van der Waals surface area contributed by atoms with Gasteiger partial charge in [0, 0.05) is 34.9 Å². The molecule has 2 atom stereocenters. The Morgan fingerprint density at radius 1 is 1.25 bits per heavy atom. The van der Waals surface area contributed by atoms with Gasteiger partial charge in [-0.15, -0.1) is 11.8 Å². The molecule has 0 radical (unpaired) electrons. The molecule has 0 unspecified atom stereocenters. The Morgan fingerprint density at radius 2 is 2.00 bits per heavy atom. The molecule has 6 rings (SSSR count). The summed E-state index contributed by atoms with van der Waals surface area (Å²) < 4.78 is 26.9. The molecule has 0 bridgehead atoms. The number of nitrogens with one attached hydrogen (secondary N) is 1. The Labute approximate surface area is 256 Å². The summed E-state index contributed by atoms with van der Waals surface area (Å²) in [4.78, 5) is 58.6. The highest BCUT2D eigenvalue weighted by atomic mass is 32.2. The molecule has 0 aliphatic carbocycles. The average Bonchev–Trinajstić information content (AvgIpc) is 3.59. The minimum absolute atomic E-state index is 0.00126. The highest BCUT2D eigenvalue weighted by Gasteiger charge is 2.45. The van der Waals surface area contributed by atoms with E-state index in [0.29, 0.717) is 50.6 Å². The van der Waals surface area contributed by atoms with Crippen molar-refractivity contribution in [3.05, 3.63) is 62.2 Å². The van der Waals surface area contributed by atoms with E-state index >= 15 is 0 Å². The number of aliphatic hydroxyl groups is 1. The van der Waals surface area contributed by atoms with Crippen molar-refractivity contribution >= 4 is 40.6 Å². The van der Waals surface area contributed by atoms with Crippen LogP contribution in [0.4, 0.5) is 9.18 Å². The molecule has 1 aromatic carbocycles. The van der Waals surface area contributed by atoms with Crippen LogP contribution in [0.25, 0.3) is 22.3 Å². The number of carbonyl (C=O) groups is 3. The lowest BCUT2D eigenvalue weighted by atomic mass is 9.86. The number of aromatic nitrogens is 2. The molecule has 0 spiro atoms. The van der Waals surface area contributed by atoms with E-state index in [1.165, 1.54) is 27.3 Å². The summed E-state index contributed by atoms with van der Waals surface area (Å²) in [5.41, 5.74) is 0.0322. The summed E-state index contributed by atoms with van der Waals surface area (Å²) in [6.07, 6.45) is -0.571. The van der Waals surface area contributed by atoms with Crippen molar-refractivity contribution in [2.75, 3.05) is 11.6 Å². The SMILES string of the molecule is CC[C@@]1(O)C(=O)OCc2c1cc1n(c2=O)Cc2c-1nc1cc(F)c(C)cc1c2CNC(=O)[C@@H]1CSCN1C(=O)OC(C)(C)C. The van der Waals surface area contributed by atoms with Crippen LogP contribution in [0.5, 0.6) is 0 Å². The van der Waals surface area contributed by atoms with Gasteiger partial charge in [-0.3, -0.25) is 14.5 Å². The van der Waals surface area contributed by atoms with Crippen LogP contribution in [0.15, 0.2) is 23.0 Å². The fourth-order valence-corrected chi connectivity index (χ4v) is 7.09. The zero-order valence-electron chi connectivity index (χ0n) is 25.1. The molecule has 2 aromatic heterocycles. The third kappa shape index (κ3) is 4.82. The van der Waals surface area contributed by atoms with Gasteiger partial charge in [0.05, 0.1) is 34.9 Å². The smallest absolute Gasteiger partial charge is 0.411 e. The fraction of sp³-hybridized carbons (Fsp3) is 0.452. The summed E-state index contributed by atoms with van der Waals surface area (Å²) >= 11 is 1.45. The van der Waals surface area contributed by atoms with Crippen molar-refractivity contribution in [1.29, 1.82) is 0 Å². The van der Waals surface area contributed by atoms with Crippen molar-refractivity contribution < 1.29 is 33.4 Å². The summed E-state index contributed by atoms with van der Waals surface area (Å²) in [6, 6.07) is 3.82. The summed E-state index contributed by atoms with van der Waals surface area (Å²) in [5.74, 6) is -0.936. The molecule has 3 aromatic rings. The highest BCUT2D eigenvalue weighted by Crippen LogP contribution is 2.40. The zero-order valence-corrected chi connectivity index (χ0v) is 25.9.